The zero-order valence-electron chi connectivity index (χ0n) is 19.6. The quantitative estimate of drug-likeness (QED) is 0.552. The van der Waals surface area contributed by atoms with Gasteiger partial charge in [0.15, 0.2) is 17.5 Å². The molecule has 0 radical (unpaired) electrons. The van der Waals surface area contributed by atoms with E-state index in [0.717, 1.165) is 0 Å². The highest BCUT2D eigenvalue weighted by Crippen LogP contribution is 2.30. The molecule has 0 aliphatic carbocycles. The Balaban J connectivity index is 1.51. The molecule has 12 heteroatoms. The fraction of sp³-hybridized carbons (Fsp3) is 0.458. The summed E-state index contributed by atoms with van der Waals surface area (Å²) >= 11 is 0. The Kier molecular flexibility index (Phi) is 6.65. The van der Waals surface area contributed by atoms with Gasteiger partial charge < -0.3 is 20.2 Å². The molecular weight excluding hydrogens is 470 g/mol. The van der Waals surface area contributed by atoms with Gasteiger partial charge in [-0.15, -0.1) is 0 Å². The Hall–Kier alpha value is -3.85. The van der Waals surface area contributed by atoms with Crippen molar-refractivity contribution in [3.8, 4) is 17.6 Å². The SMILES string of the molecule is N#CCC(=O)N1CCCC(Nc2nc(-c3cnc4ccc(F)cn34)nc(N3CCC(O)CC3)c2F)C1. The van der Waals surface area contributed by atoms with E-state index in [-0.39, 0.29) is 35.8 Å². The number of likely N-dealkylation sites (tertiary alicyclic amines) is 1. The lowest BCUT2D eigenvalue weighted by Gasteiger charge is -2.34. The fourth-order valence-electron chi connectivity index (χ4n) is 4.75. The minimum Gasteiger partial charge on any atom is -0.393 e. The molecule has 0 spiro atoms. The second-order valence-corrected chi connectivity index (χ2v) is 9.13. The molecule has 1 unspecified atom stereocenters. The standard InChI is InChI=1S/C24H26F2N8O2/c25-15-3-4-19-28-12-18(34(19)13-15)22-30-23(21(26)24(31-22)32-10-6-17(35)7-11-32)29-16-2-1-9-33(14-16)20(36)5-8-27/h3-4,12-13,16-17,35H,1-2,5-7,9-11,14H2,(H,29,30,31). The van der Waals surface area contributed by atoms with E-state index in [1.54, 1.807) is 9.80 Å². The number of fused-ring (bicyclic) bond motifs is 1. The number of pyridine rings is 1. The maximum Gasteiger partial charge on any atom is 0.236 e. The lowest BCUT2D eigenvalue weighted by atomic mass is 10.1. The van der Waals surface area contributed by atoms with Gasteiger partial charge in [-0.1, -0.05) is 0 Å². The van der Waals surface area contributed by atoms with Crippen LogP contribution in [0.3, 0.4) is 0 Å². The van der Waals surface area contributed by atoms with E-state index in [2.05, 4.69) is 20.3 Å². The molecule has 10 nitrogen and oxygen atoms in total. The number of halogens is 2. The summed E-state index contributed by atoms with van der Waals surface area (Å²) in [6.07, 6.45) is 4.52. The van der Waals surface area contributed by atoms with Crippen LogP contribution in [0, 0.1) is 23.0 Å². The summed E-state index contributed by atoms with van der Waals surface area (Å²) in [4.78, 5) is 28.8. The van der Waals surface area contributed by atoms with Crippen molar-refractivity contribution in [3.63, 3.8) is 0 Å². The second-order valence-electron chi connectivity index (χ2n) is 9.13. The molecule has 1 atom stereocenters. The van der Waals surface area contributed by atoms with Gasteiger partial charge in [0.1, 0.15) is 23.6 Å². The monoisotopic (exact) mass is 496 g/mol. The van der Waals surface area contributed by atoms with Crippen molar-refractivity contribution < 1.29 is 18.7 Å². The molecule has 36 heavy (non-hydrogen) atoms. The van der Waals surface area contributed by atoms with Crippen LogP contribution in [-0.2, 0) is 4.79 Å². The smallest absolute Gasteiger partial charge is 0.236 e. The third-order valence-corrected chi connectivity index (χ3v) is 6.64. The predicted octanol–water partition coefficient (Wildman–Crippen LogP) is 2.35. The number of imidazole rings is 1. The first-order valence-electron chi connectivity index (χ1n) is 12.0. The summed E-state index contributed by atoms with van der Waals surface area (Å²) in [6.45, 7) is 1.72. The summed E-state index contributed by atoms with van der Waals surface area (Å²) in [5, 5.41) is 21.9. The zero-order valence-corrected chi connectivity index (χ0v) is 19.6. The Morgan fingerprint density at radius 3 is 2.78 bits per heavy atom. The highest BCUT2D eigenvalue weighted by Gasteiger charge is 2.28. The van der Waals surface area contributed by atoms with Crippen LogP contribution < -0.4 is 10.2 Å². The second kappa shape index (κ2) is 10.0. The molecule has 0 saturated carbocycles. The van der Waals surface area contributed by atoms with E-state index in [9.17, 15) is 14.3 Å². The lowest BCUT2D eigenvalue weighted by molar-refractivity contribution is -0.131. The number of carbonyl (C=O) groups excluding carboxylic acids is 1. The molecular formula is C24H26F2N8O2. The summed E-state index contributed by atoms with van der Waals surface area (Å²) in [7, 11) is 0. The third-order valence-electron chi connectivity index (χ3n) is 6.64. The molecule has 2 N–H and O–H groups in total. The third kappa shape index (κ3) is 4.79. The van der Waals surface area contributed by atoms with E-state index in [1.807, 2.05) is 6.07 Å². The van der Waals surface area contributed by atoms with E-state index in [4.69, 9.17) is 5.26 Å². The Morgan fingerprint density at radius 1 is 1.19 bits per heavy atom. The Morgan fingerprint density at radius 2 is 2.00 bits per heavy atom. The minimum atomic E-state index is -0.629. The van der Waals surface area contributed by atoms with E-state index >= 15 is 4.39 Å². The number of anilines is 2. The molecule has 2 aliphatic heterocycles. The molecule has 2 fully saturated rings. The fourth-order valence-corrected chi connectivity index (χ4v) is 4.75. The molecule has 5 heterocycles. The summed E-state index contributed by atoms with van der Waals surface area (Å²) in [5.41, 5.74) is 0.899. The van der Waals surface area contributed by atoms with Crippen LogP contribution in [0.4, 0.5) is 20.4 Å². The number of nitrogens with zero attached hydrogens (tertiary/aromatic N) is 7. The van der Waals surface area contributed by atoms with E-state index < -0.39 is 17.7 Å². The van der Waals surface area contributed by atoms with Gasteiger partial charge in [0.05, 0.1) is 18.4 Å². The maximum atomic E-state index is 15.8. The Bertz CT molecular complexity index is 1320. The van der Waals surface area contributed by atoms with Gasteiger partial charge in [-0.05, 0) is 37.8 Å². The Labute approximate surface area is 206 Å². The average molecular weight is 497 g/mol. The van der Waals surface area contributed by atoms with Crippen LogP contribution in [0.2, 0.25) is 0 Å². The van der Waals surface area contributed by atoms with Crippen LogP contribution >= 0.6 is 0 Å². The van der Waals surface area contributed by atoms with Gasteiger partial charge in [0.25, 0.3) is 0 Å². The van der Waals surface area contributed by atoms with Crippen molar-refractivity contribution in [1.82, 2.24) is 24.3 Å². The summed E-state index contributed by atoms with van der Waals surface area (Å²) in [5.74, 6) is -1.10. The van der Waals surface area contributed by atoms with Crippen LogP contribution in [0.15, 0.2) is 24.5 Å². The molecule has 0 bridgehead atoms. The van der Waals surface area contributed by atoms with Crippen LogP contribution in [-0.4, -0.2) is 73.6 Å². The average Bonchev–Trinajstić information content (AvgIpc) is 3.29. The van der Waals surface area contributed by atoms with Gasteiger partial charge >= 0.3 is 0 Å². The van der Waals surface area contributed by atoms with Crippen molar-refractivity contribution in [2.75, 3.05) is 36.4 Å². The number of aromatic nitrogens is 4. The van der Waals surface area contributed by atoms with Crippen LogP contribution in [0.5, 0.6) is 0 Å². The topological polar surface area (TPSA) is 123 Å². The number of amides is 1. The number of aliphatic hydroxyl groups is 1. The van der Waals surface area contributed by atoms with Crippen LogP contribution in [0.1, 0.15) is 32.1 Å². The number of aliphatic hydroxyl groups excluding tert-OH is 1. The van der Waals surface area contributed by atoms with Gasteiger partial charge in [0, 0.05) is 38.4 Å². The van der Waals surface area contributed by atoms with Gasteiger partial charge in [0.2, 0.25) is 11.7 Å². The molecule has 3 aromatic heterocycles. The van der Waals surface area contributed by atoms with Crippen molar-refractivity contribution >= 4 is 23.2 Å². The van der Waals surface area contributed by atoms with Gasteiger partial charge in [-0.3, -0.25) is 9.20 Å². The number of nitriles is 1. The first-order valence-corrected chi connectivity index (χ1v) is 12.0. The largest absolute Gasteiger partial charge is 0.393 e. The normalized spacial score (nSPS) is 18.9. The van der Waals surface area contributed by atoms with Gasteiger partial charge in [-0.25, -0.2) is 19.3 Å². The number of piperidine rings is 2. The summed E-state index contributed by atoms with van der Waals surface area (Å²) < 4.78 is 31.3. The number of hydrogen-bond acceptors (Lipinski definition) is 8. The zero-order chi connectivity index (χ0) is 25.2. The highest BCUT2D eigenvalue weighted by atomic mass is 19.1. The lowest BCUT2D eigenvalue weighted by Crippen LogP contribution is -2.45. The number of hydrogen-bond donors (Lipinski definition) is 2. The van der Waals surface area contributed by atoms with E-state index in [1.165, 1.54) is 28.9 Å². The number of carbonyl (C=O) groups is 1. The number of nitrogens with one attached hydrogen (secondary N) is 1. The molecule has 3 aromatic rings. The van der Waals surface area contributed by atoms with Crippen molar-refractivity contribution in [2.24, 2.45) is 0 Å². The molecule has 2 aliphatic rings. The maximum absolute atomic E-state index is 15.8. The predicted molar refractivity (Wildman–Crippen MR) is 127 cm³/mol. The van der Waals surface area contributed by atoms with Crippen molar-refractivity contribution in [1.29, 1.82) is 5.26 Å². The molecule has 2 saturated heterocycles. The minimum absolute atomic E-state index is 0.0212. The molecule has 5 rings (SSSR count). The van der Waals surface area contributed by atoms with Crippen molar-refractivity contribution in [2.45, 2.75) is 44.2 Å². The molecule has 188 valence electrons. The van der Waals surface area contributed by atoms with E-state index in [0.29, 0.717) is 63.2 Å². The van der Waals surface area contributed by atoms with Crippen molar-refractivity contribution in [3.05, 3.63) is 36.2 Å². The van der Waals surface area contributed by atoms with Crippen LogP contribution in [0.25, 0.3) is 17.2 Å². The molecule has 0 aromatic carbocycles. The first kappa shape index (κ1) is 23.9. The highest BCUT2D eigenvalue weighted by molar-refractivity contribution is 5.78. The molecule has 1 amide bonds. The van der Waals surface area contributed by atoms with Gasteiger partial charge in [-0.2, -0.15) is 9.65 Å². The summed E-state index contributed by atoms with van der Waals surface area (Å²) in [6, 6.07) is 4.44. The number of rotatable bonds is 5. The first-order chi connectivity index (χ1) is 17.4.